The van der Waals surface area contributed by atoms with E-state index in [1.807, 2.05) is 38.1 Å². The van der Waals surface area contributed by atoms with Gasteiger partial charge < -0.3 is 10.2 Å². The average molecular weight is 268 g/mol. The van der Waals surface area contributed by atoms with Gasteiger partial charge in [0.2, 0.25) is 0 Å². The number of para-hydroxylation sites is 2. The topological polar surface area (TPSA) is 40.5 Å². The predicted octanol–water partition coefficient (Wildman–Crippen LogP) is 4.85. The molecule has 104 valence electrons. The van der Waals surface area contributed by atoms with E-state index in [1.165, 1.54) is 0 Å². The molecule has 0 bridgehead atoms. The van der Waals surface area contributed by atoms with Crippen molar-refractivity contribution in [2.45, 2.75) is 13.8 Å². The van der Waals surface area contributed by atoms with E-state index < -0.39 is 0 Å². The summed E-state index contributed by atoms with van der Waals surface area (Å²) < 4.78 is 0. The van der Waals surface area contributed by atoms with Gasteiger partial charge in [-0.3, -0.25) is 0 Å². The van der Waals surface area contributed by atoms with E-state index in [9.17, 15) is 10.2 Å². The normalized spacial score (nSPS) is 9.30. The molecule has 0 spiro atoms. The largest absolute Gasteiger partial charge is 0.507 e. The highest BCUT2D eigenvalue weighted by atomic mass is 16.3. The molecule has 0 amide bonds. The molecule has 2 aromatic carbocycles. The summed E-state index contributed by atoms with van der Waals surface area (Å²) in [5.74, 6) is 0.602. The van der Waals surface area contributed by atoms with Crippen molar-refractivity contribution in [2.75, 3.05) is 0 Å². The van der Waals surface area contributed by atoms with E-state index in [0.717, 1.165) is 22.3 Å². The number of phenols is 2. The highest BCUT2D eigenvalue weighted by Crippen LogP contribution is 2.22. The Balaban J connectivity index is 0.000000200. The second-order valence-corrected chi connectivity index (χ2v) is 4.59. The first kappa shape index (κ1) is 15.6. The molecule has 0 aliphatic heterocycles. The maximum atomic E-state index is 9.22. The van der Waals surface area contributed by atoms with Gasteiger partial charge in [-0.1, -0.05) is 49.6 Å². The summed E-state index contributed by atoms with van der Waals surface area (Å²) in [4.78, 5) is 0. The molecule has 0 saturated heterocycles. The van der Waals surface area contributed by atoms with Crippen molar-refractivity contribution in [1.29, 1.82) is 0 Å². The van der Waals surface area contributed by atoms with Crippen molar-refractivity contribution < 1.29 is 10.2 Å². The quantitative estimate of drug-likeness (QED) is 0.817. The first-order chi connectivity index (χ1) is 9.43. The van der Waals surface area contributed by atoms with Gasteiger partial charge in [-0.15, -0.1) is 0 Å². The van der Waals surface area contributed by atoms with Crippen LogP contribution < -0.4 is 0 Å². The predicted molar refractivity (Wildman–Crippen MR) is 85.6 cm³/mol. The number of rotatable bonds is 2. The van der Waals surface area contributed by atoms with Crippen LogP contribution in [0.1, 0.15) is 25.0 Å². The summed E-state index contributed by atoms with van der Waals surface area (Å²) in [6, 6.07) is 14.3. The van der Waals surface area contributed by atoms with Crippen LogP contribution in [0.5, 0.6) is 11.5 Å². The Morgan fingerprint density at radius 2 is 1.00 bits per heavy atom. The molecule has 0 aliphatic carbocycles. The van der Waals surface area contributed by atoms with Crippen molar-refractivity contribution in [3.63, 3.8) is 0 Å². The minimum Gasteiger partial charge on any atom is -0.507 e. The molecule has 2 N–H and O–H groups in total. The van der Waals surface area contributed by atoms with Crippen molar-refractivity contribution in [2.24, 2.45) is 0 Å². The lowest BCUT2D eigenvalue weighted by atomic mass is 10.1. The Kier molecular flexibility index (Phi) is 5.60. The van der Waals surface area contributed by atoms with Crippen LogP contribution in [0.4, 0.5) is 0 Å². The molecule has 0 heterocycles. The molecule has 2 rings (SSSR count). The number of phenolic OH excluding ortho intramolecular Hbond substituents is 2. The van der Waals surface area contributed by atoms with E-state index in [4.69, 9.17) is 0 Å². The monoisotopic (exact) mass is 268 g/mol. The van der Waals surface area contributed by atoms with Crippen LogP contribution >= 0.6 is 0 Å². The molecule has 2 aromatic rings. The molecule has 0 aromatic heterocycles. The maximum absolute atomic E-state index is 9.22. The van der Waals surface area contributed by atoms with Crippen LogP contribution in [-0.4, -0.2) is 10.2 Å². The van der Waals surface area contributed by atoms with Crippen LogP contribution in [0.15, 0.2) is 61.7 Å². The third kappa shape index (κ3) is 4.32. The Bertz CT molecular complexity index is 557. The molecule has 0 unspecified atom stereocenters. The van der Waals surface area contributed by atoms with E-state index in [0.29, 0.717) is 11.5 Å². The number of hydrogen-bond donors (Lipinski definition) is 2. The van der Waals surface area contributed by atoms with Crippen molar-refractivity contribution >= 4 is 11.1 Å². The molecule has 0 aliphatic rings. The Morgan fingerprint density at radius 1 is 0.700 bits per heavy atom. The van der Waals surface area contributed by atoms with Gasteiger partial charge >= 0.3 is 0 Å². The van der Waals surface area contributed by atoms with Gasteiger partial charge in [0, 0.05) is 11.1 Å². The lowest BCUT2D eigenvalue weighted by molar-refractivity contribution is 0.473. The molecular weight excluding hydrogens is 248 g/mol. The Labute approximate surface area is 120 Å². The van der Waals surface area contributed by atoms with E-state index in [-0.39, 0.29) is 0 Å². The molecule has 0 fully saturated rings. The summed E-state index contributed by atoms with van der Waals surface area (Å²) in [6.07, 6.45) is 0. The molecule has 2 nitrogen and oxygen atoms in total. The molecule has 0 atom stereocenters. The smallest absolute Gasteiger partial charge is 0.123 e. The zero-order valence-electron chi connectivity index (χ0n) is 11.9. The minimum absolute atomic E-state index is 0.301. The van der Waals surface area contributed by atoms with E-state index in [1.54, 1.807) is 24.3 Å². The molecule has 0 radical (unpaired) electrons. The second-order valence-electron chi connectivity index (χ2n) is 4.59. The zero-order chi connectivity index (χ0) is 15.1. The summed E-state index contributed by atoms with van der Waals surface area (Å²) >= 11 is 0. The Hall–Kier alpha value is -2.48. The maximum Gasteiger partial charge on any atom is 0.123 e. The zero-order valence-corrected chi connectivity index (χ0v) is 11.9. The van der Waals surface area contributed by atoms with Crippen LogP contribution in [0.3, 0.4) is 0 Å². The van der Waals surface area contributed by atoms with Gasteiger partial charge in [0.15, 0.2) is 0 Å². The fourth-order valence-electron chi connectivity index (χ4n) is 1.67. The second kappa shape index (κ2) is 7.19. The lowest BCUT2D eigenvalue weighted by Gasteiger charge is -2.00. The van der Waals surface area contributed by atoms with Gasteiger partial charge in [0.25, 0.3) is 0 Å². The van der Waals surface area contributed by atoms with Crippen molar-refractivity contribution in [3.05, 3.63) is 72.8 Å². The summed E-state index contributed by atoms with van der Waals surface area (Å²) in [5.41, 5.74) is 3.42. The molecule has 20 heavy (non-hydrogen) atoms. The van der Waals surface area contributed by atoms with Crippen LogP contribution in [0, 0.1) is 0 Å². The molecule has 2 heteroatoms. The first-order valence-corrected chi connectivity index (χ1v) is 6.31. The Morgan fingerprint density at radius 3 is 1.20 bits per heavy atom. The summed E-state index contributed by atoms with van der Waals surface area (Å²) in [6.45, 7) is 11.2. The highest BCUT2D eigenvalue weighted by molar-refractivity contribution is 5.67. The van der Waals surface area contributed by atoms with Crippen molar-refractivity contribution in [1.82, 2.24) is 0 Å². The lowest BCUT2D eigenvalue weighted by Crippen LogP contribution is -1.76. The van der Waals surface area contributed by atoms with Gasteiger partial charge in [-0.05, 0) is 37.1 Å². The SMILES string of the molecule is C=C(C)c1ccccc1O.C=C(C)c1ccccc1O. The number of aromatic hydroxyl groups is 2. The standard InChI is InChI=1S/2C9H10O/c2*1-7(2)8-5-3-4-6-9(8)10/h2*3-6,10H,1H2,2H3. The summed E-state index contributed by atoms with van der Waals surface area (Å²) in [7, 11) is 0. The third-order valence-electron chi connectivity index (χ3n) is 2.73. The van der Waals surface area contributed by atoms with E-state index >= 15 is 0 Å². The molecular formula is C18H20O2. The average Bonchev–Trinajstić information content (AvgIpc) is 2.40. The van der Waals surface area contributed by atoms with Gasteiger partial charge in [0.05, 0.1) is 0 Å². The van der Waals surface area contributed by atoms with Gasteiger partial charge in [0.1, 0.15) is 11.5 Å². The third-order valence-corrected chi connectivity index (χ3v) is 2.73. The first-order valence-electron chi connectivity index (χ1n) is 6.31. The fraction of sp³-hybridized carbons (Fsp3) is 0.111. The van der Waals surface area contributed by atoms with Gasteiger partial charge in [-0.2, -0.15) is 0 Å². The number of hydrogen-bond acceptors (Lipinski definition) is 2. The highest BCUT2D eigenvalue weighted by Gasteiger charge is 1.97. The van der Waals surface area contributed by atoms with Crippen LogP contribution in [-0.2, 0) is 0 Å². The number of benzene rings is 2. The number of allylic oxidation sites excluding steroid dienone is 2. The van der Waals surface area contributed by atoms with Gasteiger partial charge in [-0.25, -0.2) is 0 Å². The fourth-order valence-corrected chi connectivity index (χ4v) is 1.67. The van der Waals surface area contributed by atoms with Crippen LogP contribution in [0.25, 0.3) is 11.1 Å². The van der Waals surface area contributed by atoms with Crippen molar-refractivity contribution in [3.8, 4) is 11.5 Å². The van der Waals surface area contributed by atoms with Crippen LogP contribution in [0.2, 0.25) is 0 Å². The van der Waals surface area contributed by atoms with E-state index in [2.05, 4.69) is 13.2 Å². The minimum atomic E-state index is 0.301. The molecule has 0 saturated carbocycles. The summed E-state index contributed by atoms with van der Waals surface area (Å²) in [5, 5.41) is 18.4.